The van der Waals surface area contributed by atoms with E-state index in [0.29, 0.717) is 5.56 Å². The number of nitrogens with one attached hydrogen (secondary N) is 2. The second kappa shape index (κ2) is 12.8. The SMILES string of the molecule is CCOC(=O)C(O)(O)C(=O)Nc1ccc(C[C@H](NC(=O)OC(C)(C)C)C(=O)OCC[Si](C)(C)C)cc1. The molecule has 11 nitrogen and oxygen atoms in total. The van der Waals surface area contributed by atoms with Gasteiger partial charge in [0.2, 0.25) is 0 Å². The third kappa shape index (κ3) is 11.2. The lowest BCUT2D eigenvalue weighted by molar-refractivity contribution is -0.206. The minimum atomic E-state index is -3.35. The van der Waals surface area contributed by atoms with Gasteiger partial charge in [-0.2, -0.15) is 0 Å². The number of ether oxygens (including phenoxy) is 3. The van der Waals surface area contributed by atoms with Crippen molar-refractivity contribution in [3.8, 4) is 0 Å². The van der Waals surface area contributed by atoms with Crippen molar-refractivity contribution in [3.63, 3.8) is 0 Å². The number of benzene rings is 1. The van der Waals surface area contributed by atoms with E-state index in [1.807, 2.05) is 0 Å². The number of carbonyl (C=O) groups excluding carboxylic acids is 4. The molecule has 12 heteroatoms. The molecular weight excluding hydrogens is 488 g/mol. The average Bonchev–Trinajstić information content (AvgIpc) is 2.72. The summed E-state index contributed by atoms with van der Waals surface area (Å²) in [6, 6.07) is 5.76. The monoisotopic (exact) mass is 526 g/mol. The molecule has 0 radical (unpaired) electrons. The predicted molar refractivity (Wildman–Crippen MR) is 135 cm³/mol. The van der Waals surface area contributed by atoms with Crippen LogP contribution in [-0.4, -0.2) is 72.9 Å². The number of hydrogen-bond acceptors (Lipinski definition) is 9. The molecule has 0 spiro atoms. The first-order valence-electron chi connectivity index (χ1n) is 11.6. The normalized spacial score (nSPS) is 12.8. The van der Waals surface area contributed by atoms with Crippen LogP contribution in [0, 0.1) is 0 Å². The number of esters is 2. The molecule has 202 valence electrons. The fourth-order valence-electron chi connectivity index (χ4n) is 2.70. The van der Waals surface area contributed by atoms with Crippen molar-refractivity contribution in [1.29, 1.82) is 0 Å². The van der Waals surface area contributed by atoms with Gasteiger partial charge in [-0.1, -0.05) is 31.8 Å². The summed E-state index contributed by atoms with van der Waals surface area (Å²) < 4.78 is 15.1. The Bertz CT molecular complexity index is 919. The molecule has 36 heavy (non-hydrogen) atoms. The van der Waals surface area contributed by atoms with E-state index < -0.39 is 49.4 Å². The molecule has 4 N–H and O–H groups in total. The molecule has 0 aliphatic heterocycles. The Hall–Kier alpha value is -2.96. The first kappa shape index (κ1) is 31.1. The highest BCUT2D eigenvalue weighted by Crippen LogP contribution is 2.16. The van der Waals surface area contributed by atoms with Crippen LogP contribution in [0.15, 0.2) is 24.3 Å². The molecule has 0 saturated carbocycles. The highest BCUT2D eigenvalue weighted by molar-refractivity contribution is 6.76. The zero-order chi connectivity index (χ0) is 27.7. The Balaban J connectivity index is 2.92. The molecule has 0 aromatic heterocycles. The molecule has 2 amide bonds. The Labute approximate surface area is 212 Å². The second-order valence-electron chi connectivity index (χ2n) is 10.4. The van der Waals surface area contributed by atoms with Crippen molar-refractivity contribution in [2.24, 2.45) is 0 Å². The fraction of sp³-hybridized carbons (Fsp3) is 0.583. The van der Waals surface area contributed by atoms with Gasteiger partial charge in [0.25, 0.3) is 5.91 Å². The van der Waals surface area contributed by atoms with E-state index >= 15 is 0 Å². The van der Waals surface area contributed by atoms with Crippen molar-refractivity contribution in [3.05, 3.63) is 29.8 Å². The quantitative estimate of drug-likeness (QED) is 0.111. The fourth-order valence-corrected chi connectivity index (χ4v) is 3.42. The number of rotatable bonds is 11. The zero-order valence-electron chi connectivity index (χ0n) is 22.0. The molecule has 1 aromatic carbocycles. The zero-order valence-corrected chi connectivity index (χ0v) is 23.0. The standard InChI is InChI=1S/C24H38N2O9Si/c1-8-33-21(29)24(31,32)20(28)25-17-11-9-16(10-12-17)15-18(26-22(30)35-23(2,3)4)19(27)34-13-14-36(5,6)7/h9-12,18,31-32H,8,13-15H2,1-7H3,(H,25,28)(H,26,30)/t18-/m0/s1. The van der Waals surface area contributed by atoms with Crippen LogP contribution < -0.4 is 10.6 Å². The van der Waals surface area contributed by atoms with Gasteiger partial charge in [0, 0.05) is 20.2 Å². The minimum Gasteiger partial charge on any atom is -0.464 e. The van der Waals surface area contributed by atoms with E-state index in [1.165, 1.54) is 19.1 Å². The Morgan fingerprint density at radius 2 is 1.58 bits per heavy atom. The number of carbonyl (C=O) groups is 4. The summed E-state index contributed by atoms with van der Waals surface area (Å²) in [7, 11) is -1.43. The molecule has 0 saturated heterocycles. The summed E-state index contributed by atoms with van der Waals surface area (Å²) in [6.07, 6.45) is -0.689. The van der Waals surface area contributed by atoms with E-state index in [2.05, 4.69) is 35.0 Å². The molecule has 0 heterocycles. The van der Waals surface area contributed by atoms with Gasteiger partial charge >= 0.3 is 23.8 Å². The van der Waals surface area contributed by atoms with Crippen LogP contribution in [0.2, 0.25) is 25.7 Å². The van der Waals surface area contributed by atoms with Crippen LogP contribution in [0.3, 0.4) is 0 Å². The summed E-state index contributed by atoms with van der Waals surface area (Å²) in [5.74, 6) is -6.83. The van der Waals surface area contributed by atoms with Gasteiger partial charge in [-0.15, -0.1) is 0 Å². The molecule has 1 atom stereocenters. The van der Waals surface area contributed by atoms with E-state index in [0.717, 1.165) is 6.04 Å². The van der Waals surface area contributed by atoms with Crippen molar-refractivity contribution < 1.29 is 43.6 Å². The maximum absolute atomic E-state index is 12.7. The molecule has 1 rings (SSSR count). The van der Waals surface area contributed by atoms with Crippen LogP contribution in [0.25, 0.3) is 0 Å². The highest BCUT2D eigenvalue weighted by atomic mass is 28.3. The minimum absolute atomic E-state index is 0.0754. The topological polar surface area (TPSA) is 160 Å². The Morgan fingerprint density at radius 3 is 2.08 bits per heavy atom. The van der Waals surface area contributed by atoms with Crippen LogP contribution in [0.5, 0.6) is 0 Å². The third-order valence-electron chi connectivity index (χ3n) is 4.60. The lowest BCUT2D eigenvalue weighted by Crippen LogP contribution is -2.50. The van der Waals surface area contributed by atoms with Crippen LogP contribution in [-0.2, 0) is 35.0 Å². The van der Waals surface area contributed by atoms with E-state index in [4.69, 9.17) is 9.47 Å². The first-order chi connectivity index (χ1) is 16.4. The van der Waals surface area contributed by atoms with Crippen molar-refractivity contribution in [2.45, 2.75) is 77.2 Å². The van der Waals surface area contributed by atoms with Crippen molar-refractivity contribution in [1.82, 2.24) is 5.32 Å². The molecule has 0 unspecified atom stereocenters. The smallest absolute Gasteiger partial charge is 0.408 e. The number of hydrogen-bond donors (Lipinski definition) is 4. The highest BCUT2D eigenvalue weighted by Gasteiger charge is 2.44. The van der Waals surface area contributed by atoms with Crippen LogP contribution >= 0.6 is 0 Å². The van der Waals surface area contributed by atoms with E-state index in [-0.39, 0.29) is 25.3 Å². The first-order valence-corrected chi connectivity index (χ1v) is 15.3. The lowest BCUT2D eigenvalue weighted by atomic mass is 10.1. The Kier molecular flexibility index (Phi) is 11.1. The summed E-state index contributed by atoms with van der Waals surface area (Å²) >= 11 is 0. The van der Waals surface area contributed by atoms with Gasteiger partial charge in [-0.05, 0) is 51.4 Å². The molecule has 0 bridgehead atoms. The number of alkyl carbamates (subject to hydrolysis) is 1. The second-order valence-corrected chi connectivity index (χ2v) is 16.0. The largest absolute Gasteiger partial charge is 0.464 e. The van der Waals surface area contributed by atoms with Gasteiger partial charge in [0.15, 0.2) is 0 Å². The summed E-state index contributed by atoms with van der Waals surface area (Å²) in [5, 5.41) is 24.2. The van der Waals surface area contributed by atoms with Crippen molar-refractivity contribution >= 4 is 37.7 Å². The summed E-state index contributed by atoms with van der Waals surface area (Å²) in [5.41, 5.74) is 0.0183. The summed E-state index contributed by atoms with van der Waals surface area (Å²) in [4.78, 5) is 48.7. The molecule has 0 fully saturated rings. The number of aliphatic hydroxyl groups is 2. The maximum Gasteiger partial charge on any atom is 0.408 e. The number of amides is 2. The van der Waals surface area contributed by atoms with Gasteiger partial charge in [0.05, 0.1) is 13.2 Å². The summed E-state index contributed by atoms with van der Waals surface area (Å²) in [6.45, 7) is 13.1. The van der Waals surface area contributed by atoms with Crippen LogP contribution in [0.4, 0.5) is 10.5 Å². The lowest BCUT2D eigenvalue weighted by Gasteiger charge is -2.23. The van der Waals surface area contributed by atoms with Gasteiger partial charge < -0.3 is 35.1 Å². The average molecular weight is 527 g/mol. The van der Waals surface area contributed by atoms with Gasteiger partial charge in [-0.25, -0.2) is 14.4 Å². The number of anilines is 1. The molecule has 1 aromatic rings. The van der Waals surface area contributed by atoms with Gasteiger partial charge in [-0.3, -0.25) is 4.79 Å². The van der Waals surface area contributed by atoms with E-state index in [9.17, 15) is 29.4 Å². The maximum atomic E-state index is 12.7. The Morgan fingerprint density at radius 1 is 1.00 bits per heavy atom. The molecule has 0 aliphatic carbocycles. The predicted octanol–water partition coefficient (Wildman–Crippen LogP) is 2.19. The molecule has 0 aliphatic rings. The van der Waals surface area contributed by atoms with Crippen molar-refractivity contribution in [2.75, 3.05) is 18.5 Å². The third-order valence-corrected chi connectivity index (χ3v) is 6.30. The van der Waals surface area contributed by atoms with Gasteiger partial charge in [0.1, 0.15) is 11.6 Å². The van der Waals surface area contributed by atoms with Crippen LogP contribution in [0.1, 0.15) is 33.3 Å². The van der Waals surface area contributed by atoms with E-state index in [1.54, 1.807) is 32.9 Å². The molecular formula is C24H38N2O9Si.